The SMILES string of the molecule is COc1ccc2nccc(C(O)CC[C@@H]3CCN(CCCSC(C)(C)C)C[C@@H]3CC(=O)O)c2c1. The van der Waals surface area contributed by atoms with Gasteiger partial charge in [-0.1, -0.05) is 20.8 Å². The third-order valence-electron chi connectivity index (χ3n) is 6.72. The number of piperidine rings is 1. The van der Waals surface area contributed by atoms with Crippen LogP contribution in [0.4, 0.5) is 0 Å². The van der Waals surface area contributed by atoms with Crippen LogP contribution in [0, 0.1) is 11.8 Å². The lowest BCUT2D eigenvalue weighted by atomic mass is 9.79. The Morgan fingerprint density at radius 1 is 1.29 bits per heavy atom. The topological polar surface area (TPSA) is 82.9 Å². The molecule has 7 heteroatoms. The summed E-state index contributed by atoms with van der Waals surface area (Å²) in [7, 11) is 1.63. The summed E-state index contributed by atoms with van der Waals surface area (Å²) in [5, 5.41) is 21.5. The number of methoxy groups -OCH3 is 1. The first-order valence-electron chi connectivity index (χ1n) is 12.3. The molecular weight excluding hydrogens is 448 g/mol. The smallest absolute Gasteiger partial charge is 0.303 e. The Balaban J connectivity index is 1.59. The van der Waals surface area contributed by atoms with Gasteiger partial charge in [-0.15, -0.1) is 0 Å². The number of carbonyl (C=O) groups is 1. The fourth-order valence-corrected chi connectivity index (χ4v) is 5.84. The van der Waals surface area contributed by atoms with E-state index in [0.717, 1.165) is 66.9 Å². The van der Waals surface area contributed by atoms with Gasteiger partial charge in [0.05, 0.1) is 18.7 Å². The van der Waals surface area contributed by atoms with Crippen LogP contribution in [0.5, 0.6) is 5.75 Å². The van der Waals surface area contributed by atoms with Crippen molar-refractivity contribution in [2.45, 2.75) is 63.7 Å². The highest BCUT2D eigenvalue weighted by atomic mass is 32.2. The van der Waals surface area contributed by atoms with Crippen molar-refractivity contribution in [3.63, 3.8) is 0 Å². The van der Waals surface area contributed by atoms with Gasteiger partial charge in [-0.05, 0) is 86.2 Å². The van der Waals surface area contributed by atoms with Crippen molar-refractivity contribution in [2.24, 2.45) is 11.8 Å². The number of aliphatic hydroxyl groups is 1. The molecule has 3 atom stereocenters. The molecule has 1 aliphatic rings. The quantitative estimate of drug-likeness (QED) is 0.410. The molecule has 1 aromatic heterocycles. The minimum Gasteiger partial charge on any atom is -0.497 e. The Morgan fingerprint density at radius 2 is 2.09 bits per heavy atom. The standard InChI is InChI=1S/C27H40N2O4S/c1-27(2,3)34-15-5-13-29-14-11-19(20(18-29)16-26(31)32)6-9-25(30)22-10-12-28-24-8-7-21(33-4)17-23(22)24/h7-8,10,12,17,19-20,25,30H,5-6,9,11,13-16,18H2,1-4H3,(H,31,32)/t19-,20+,25?/m1/s1. The number of carboxylic acid groups (broad SMARTS) is 1. The van der Waals surface area contributed by atoms with Crippen LogP contribution in [0.25, 0.3) is 10.9 Å². The molecule has 1 aliphatic heterocycles. The highest BCUT2D eigenvalue weighted by Gasteiger charge is 2.31. The molecule has 6 nitrogen and oxygen atoms in total. The van der Waals surface area contributed by atoms with E-state index in [-0.39, 0.29) is 17.1 Å². The lowest BCUT2D eigenvalue weighted by Crippen LogP contribution is -2.42. The number of thioether (sulfide) groups is 1. The van der Waals surface area contributed by atoms with Gasteiger partial charge in [-0.3, -0.25) is 9.78 Å². The van der Waals surface area contributed by atoms with E-state index in [1.165, 1.54) is 0 Å². The van der Waals surface area contributed by atoms with Crippen LogP contribution >= 0.6 is 11.8 Å². The van der Waals surface area contributed by atoms with Crippen LogP contribution in [-0.4, -0.2) is 63.3 Å². The number of aromatic nitrogens is 1. The van der Waals surface area contributed by atoms with E-state index in [0.29, 0.717) is 12.3 Å². The summed E-state index contributed by atoms with van der Waals surface area (Å²) >= 11 is 1.99. The largest absolute Gasteiger partial charge is 0.497 e. The molecule has 2 aromatic rings. The second-order valence-corrected chi connectivity index (χ2v) is 12.3. The Kier molecular flexibility index (Phi) is 9.63. The molecule has 0 saturated carbocycles. The van der Waals surface area contributed by atoms with E-state index >= 15 is 0 Å². The second kappa shape index (κ2) is 12.2. The molecule has 188 valence electrons. The molecule has 1 aromatic carbocycles. The number of aliphatic hydroxyl groups excluding tert-OH is 1. The molecule has 2 N–H and O–H groups in total. The molecular formula is C27H40N2O4S. The van der Waals surface area contributed by atoms with Crippen molar-refractivity contribution in [1.29, 1.82) is 0 Å². The van der Waals surface area contributed by atoms with E-state index in [2.05, 4.69) is 30.7 Å². The van der Waals surface area contributed by atoms with Crippen molar-refractivity contribution in [3.8, 4) is 5.75 Å². The minimum atomic E-state index is -0.729. The van der Waals surface area contributed by atoms with Crippen LogP contribution < -0.4 is 4.74 Å². The van der Waals surface area contributed by atoms with Crippen LogP contribution in [0.15, 0.2) is 30.5 Å². The van der Waals surface area contributed by atoms with Gasteiger partial charge in [0.25, 0.3) is 0 Å². The van der Waals surface area contributed by atoms with Crippen molar-refractivity contribution in [2.75, 3.05) is 32.5 Å². The average Bonchev–Trinajstić information content (AvgIpc) is 2.79. The summed E-state index contributed by atoms with van der Waals surface area (Å²) in [5.41, 5.74) is 1.69. The van der Waals surface area contributed by atoms with Gasteiger partial charge in [-0.2, -0.15) is 11.8 Å². The Hall–Kier alpha value is -1.83. The number of hydrogen-bond donors (Lipinski definition) is 2. The van der Waals surface area contributed by atoms with E-state index < -0.39 is 12.1 Å². The predicted octanol–water partition coefficient (Wildman–Crippen LogP) is 5.39. The number of nitrogens with zero attached hydrogens (tertiary/aromatic N) is 2. The number of rotatable bonds is 11. The van der Waals surface area contributed by atoms with Gasteiger partial charge < -0.3 is 19.8 Å². The van der Waals surface area contributed by atoms with Gasteiger partial charge >= 0.3 is 5.97 Å². The number of aliphatic carboxylic acids is 1. The maximum absolute atomic E-state index is 11.6. The molecule has 1 saturated heterocycles. The van der Waals surface area contributed by atoms with Gasteiger partial charge in [0.15, 0.2) is 0 Å². The monoisotopic (exact) mass is 488 g/mol. The number of benzene rings is 1. The van der Waals surface area contributed by atoms with E-state index in [1.807, 2.05) is 36.0 Å². The first-order chi connectivity index (χ1) is 16.2. The molecule has 0 radical (unpaired) electrons. The number of carboxylic acids is 1. The average molecular weight is 489 g/mol. The molecule has 34 heavy (non-hydrogen) atoms. The Morgan fingerprint density at radius 3 is 2.79 bits per heavy atom. The summed E-state index contributed by atoms with van der Waals surface area (Å²) in [6.07, 6.45) is 4.86. The van der Waals surface area contributed by atoms with Crippen molar-refractivity contribution >= 4 is 28.6 Å². The van der Waals surface area contributed by atoms with Crippen LogP contribution in [0.3, 0.4) is 0 Å². The zero-order valence-electron chi connectivity index (χ0n) is 21.0. The lowest BCUT2D eigenvalue weighted by molar-refractivity contribution is -0.139. The van der Waals surface area contributed by atoms with E-state index in [9.17, 15) is 15.0 Å². The van der Waals surface area contributed by atoms with Crippen molar-refractivity contribution in [1.82, 2.24) is 9.88 Å². The van der Waals surface area contributed by atoms with Crippen molar-refractivity contribution < 1.29 is 19.7 Å². The molecule has 2 heterocycles. The van der Waals surface area contributed by atoms with Gasteiger partial charge in [0.1, 0.15) is 5.75 Å². The van der Waals surface area contributed by atoms with Crippen LogP contribution in [0.1, 0.15) is 64.5 Å². The zero-order chi connectivity index (χ0) is 24.7. The number of fused-ring (bicyclic) bond motifs is 1. The summed E-state index contributed by atoms with van der Waals surface area (Å²) in [6, 6.07) is 7.57. The first kappa shape index (κ1) is 26.8. The molecule has 0 bridgehead atoms. The second-order valence-electron chi connectivity index (χ2n) is 10.4. The number of ether oxygens (including phenoxy) is 1. The summed E-state index contributed by atoms with van der Waals surface area (Å²) in [5.74, 6) is 1.58. The fraction of sp³-hybridized carbons (Fsp3) is 0.630. The molecule has 1 fully saturated rings. The maximum atomic E-state index is 11.6. The normalized spacial score (nSPS) is 20.4. The molecule has 1 unspecified atom stereocenters. The fourth-order valence-electron chi connectivity index (χ4n) is 4.95. The first-order valence-corrected chi connectivity index (χ1v) is 13.3. The lowest BCUT2D eigenvalue weighted by Gasteiger charge is -2.38. The van der Waals surface area contributed by atoms with Crippen LogP contribution in [-0.2, 0) is 4.79 Å². The number of hydrogen-bond acceptors (Lipinski definition) is 6. The van der Waals surface area contributed by atoms with Crippen LogP contribution in [0.2, 0.25) is 0 Å². The predicted molar refractivity (Wildman–Crippen MR) is 140 cm³/mol. The summed E-state index contributed by atoms with van der Waals surface area (Å²) in [6.45, 7) is 9.59. The molecule has 0 amide bonds. The third-order valence-corrected chi connectivity index (χ3v) is 8.08. The summed E-state index contributed by atoms with van der Waals surface area (Å²) < 4.78 is 5.64. The molecule has 0 aliphatic carbocycles. The molecule has 0 spiro atoms. The Labute approximate surface area is 208 Å². The zero-order valence-corrected chi connectivity index (χ0v) is 21.8. The highest BCUT2D eigenvalue weighted by molar-refractivity contribution is 8.00. The summed E-state index contributed by atoms with van der Waals surface area (Å²) in [4.78, 5) is 18.4. The van der Waals surface area contributed by atoms with E-state index in [1.54, 1.807) is 13.3 Å². The van der Waals surface area contributed by atoms with Gasteiger partial charge in [-0.25, -0.2) is 0 Å². The maximum Gasteiger partial charge on any atom is 0.303 e. The van der Waals surface area contributed by atoms with Gasteiger partial charge in [0, 0.05) is 29.3 Å². The van der Waals surface area contributed by atoms with Gasteiger partial charge in [0.2, 0.25) is 0 Å². The highest BCUT2D eigenvalue weighted by Crippen LogP contribution is 2.35. The minimum absolute atomic E-state index is 0.128. The molecule has 3 rings (SSSR count). The number of pyridine rings is 1. The Bertz CT molecular complexity index is 946. The van der Waals surface area contributed by atoms with E-state index in [4.69, 9.17) is 4.74 Å². The number of likely N-dealkylation sites (tertiary alicyclic amines) is 1. The van der Waals surface area contributed by atoms with Crippen molar-refractivity contribution in [3.05, 3.63) is 36.0 Å². The third kappa shape index (κ3) is 7.85.